The van der Waals surface area contributed by atoms with Crippen LogP contribution in [0.15, 0.2) is 12.4 Å². The molecule has 1 unspecified atom stereocenters. The normalized spacial score (nSPS) is 26.7. The third-order valence-corrected chi connectivity index (χ3v) is 3.89. The van der Waals surface area contributed by atoms with Crippen LogP contribution in [0.4, 0.5) is 8.78 Å². The molecule has 2 aliphatic rings. The number of rotatable bonds is 5. The third-order valence-electron chi connectivity index (χ3n) is 3.89. The highest BCUT2D eigenvalue weighted by molar-refractivity contribution is 4.95. The molecule has 0 aromatic carbocycles. The lowest BCUT2D eigenvalue weighted by Gasteiger charge is -2.14. The van der Waals surface area contributed by atoms with Crippen LogP contribution >= 0.6 is 0 Å². The highest BCUT2D eigenvalue weighted by Crippen LogP contribution is 2.39. The van der Waals surface area contributed by atoms with Gasteiger partial charge in [0.05, 0.1) is 6.54 Å². The van der Waals surface area contributed by atoms with E-state index in [-0.39, 0.29) is 18.8 Å². The van der Waals surface area contributed by atoms with Gasteiger partial charge in [0.1, 0.15) is 5.82 Å². The summed E-state index contributed by atoms with van der Waals surface area (Å²) in [6.07, 6.45) is 6.85. The van der Waals surface area contributed by atoms with Crippen molar-refractivity contribution in [3.63, 3.8) is 0 Å². The van der Waals surface area contributed by atoms with Crippen LogP contribution < -0.4 is 5.32 Å². The fraction of sp³-hybridized carbons (Fsp3) is 0.769. The maximum absolute atomic E-state index is 13.1. The van der Waals surface area contributed by atoms with Gasteiger partial charge in [-0.3, -0.25) is 0 Å². The SMILES string of the molecule is FC1(F)CCC(Cn2ccnc2CNC2CC2)C1. The minimum absolute atomic E-state index is 0.0284. The van der Waals surface area contributed by atoms with Crippen molar-refractivity contribution in [3.05, 3.63) is 18.2 Å². The molecule has 0 bridgehead atoms. The second kappa shape index (κ2) is 4.61. The smallest absolute Gasteiger partial charge is 0.248 e. The van der Waals surface area contributed by atoms with E-state index in [0.717, 1.165) is 12.4 Å². The molecule has 1 atom stereocenters. The lowest BCUT2D eigenvalue weighted by atomic mass is 10.1. The maximum atomic E-state index is 13.1. The van der Waals surface area contributed by atoms with Crippen molar-refractivity contribution in [2.45, 2.75) is 57.2 Å². The van der Waals surface area contributed by atoms with Crippen molar-refractivity contribution in [1.82, 2.24) is 14.9 Å². The monoisotopic (exact) mass is 255 g/mol. The fourth-order valence-electron chi connectivity index (χ4n) is 2.67. The first-order valence-corrected chi connectivity index (χ1v) is 6.74. The van der Waals surface area contributed by atoms with Gasteiger partial charge in [-0.1, -0.05) is 0 Å². The van der Waals surface area contributed by atoms with Gasteiger partial charge in [0, 0.05) is 37.8 Å². The molecule has 0 amide bonds. The molecule has 100 valence electrons. The Morgan fingerprint density at radius 2 is 2.22 bits per heavy atom. The molecule has 1 aromatic heterocycles. The zero-order valence-corrected chi connectivity index (χ0v) is 10.4. The Labute approximate surface area is 106 Å². The van der Waals surface area contributed by atoms with E-state index in [2.05, 4.69) is 10.3 Å². The van der Waals surface area contributed by atoms with Crippen LogP contribution in [0, 0.1) is 5.92 Å². The first-order chi connectivity index (χ1) is 8.62. The van der Waals surface area contributed by atoms with Gasteiger partial charge in [0.25, 0.3) is 0 Å². The molecule has 2 fully saturated rings. The van der Waals surface area contributed by atoms with Crippen LogP contribution in [-0.4, -0.2) is 21.5 Å². The van der Waals surface area contributed by atoms with Gasteiger partial charge in [-0.15, -0.1) is 0 Å². The number of halogens is 2. The Hall–Kier alpha value is -0.970. The molecule has 3 nitrogen and oxygen atoms in total. The van der Waals surface area contributed by atoms with Crippen LogP contribution in [0.25, 0.3) is 0 Å². The van der Waals surface area contributed by atoms with Crippen molar-refractivity contribution < 1.29 is 8.78 Å². The fourth-order valence-corrected chi connectivity index (χ4v) is 2.67. The van der Waals surface area contributed by atoms with Crippen molar-refractivity contribution in [2.75, 3.05) is 0 Å². The summed E-state index contributed by atoms with van der Waals surface area (Å²) in [5.41, 5.74) is 0. The van der Waals surface area contributed by atoms with Gasteiger partial charge >= 0.3 is 0 Å². The van der Waals surface area contributed by atoms with Crippen molar-refractivity contribution in [3.8, 4) is 0 Å². The van der Waals surface area contributed by atoms with E-state index >= 15 is 0 Å². The first kappa shape index (κ1) is 12.1. The molecule has 0 radical (unpaired) electrons. The molecule has 1 N–H and O–H groups in total. The Bertz CT molecular complexity index is 412. The Morgan fingerprint density at radius 1 is 1.39 bits per heavy atom. The minimum atomic E-state index is -2.45. The second-order valence-corrected chi connectivity index (χ2v) is 5.62. The molecule has 1 heterocycles. The number of hydrogen-bond acceptors (Lipinski definition) is 2. The molecule has 3 rings (SSSR count). The summed E-state index contributed by atoms with van der Waals surface area (Å²) in [5.74, 6) is -1.39. The molecular weight excluding hydrogens is 236 g/mol. The van der Waals surface area contributed by atoms with Crippen LogP contribution in [0.3, 0.4) is 0 Å². The lowest BCUT2D eigenvalue weighted by Crippen LogP contribution is -2.20. The Balaban J connectivity index is 1.57. The standard InChI is InChI=1S/C13H19F2N3/c14-13(15)4-3-10(7-13)9-18-6-5-16-12(18)8-17-11-1-2-11/h5-6,10-11,17H,1-4,7-9H2. The molecular formula is C13H19F2N3. The molecule has 2 aliphatic carbocycles. The average molecular weight is 255 g/mol. The molecule has 0 saturated heterocycles. The van der Waals surface area contributed by atoms with E-state index < -0.39 is 5.92 Å². The largest absolute Gasteiger partial charge is 0.334 e. The van der Waals surface area contributed by atoms with E-state index in [1.54, 1.807) is 6.20 Å². The number of nitrogens with zero attached hydrogens (tertiary/aromatic N) is 2. The number of imidazole rings is 1. The Morgan fingerprint density at radius 3 is 2.89 bits per heavy atom. The highest BCUT2D eigenvalue weighted by Gasteiger charge is 2.39. The number of alkyl halides is 2. The van der Waals surface area contributed by atoms with E-state index in [1.165, 1.54) is 12.8 Å². The van der Waals surface area contributed by atoms with E-state index in [1.807, 2.05) is 10.8 Å². The molecule has 0 spiro atoms. The van der Waals surface area contributed by atoms with Crippen molar-refractivity contribution >= 4 is 0 Å². The second-order valence-electron chi connectivity index (χ2n) is 5.62. The molecule has 1 aromatic rings. The quantitative estimate of drug-likeness (QED) is 0.876. The van der Waals surface area contributed by atoms with Gasteiger partial charge in [0.2, 0.25) is 5.92 Å². The summed E-state index contributed by atoms with van der Waals surface area (Å²) in [6.45, 7) is 1.43. The summed E-state index contributed by atoms with van der Waals surface area (Å²) in [6, 6.07) is 0.644. The average Bonchev–Trinajstić information content (AvgIpc) is 2.94. The van der Waals surface area contributed by atoms with Crippen LogP contribution in [0.5, 0.6) is 0 Å². The van der Waals surface area contributed by atoms with E-state index in [4.69, 9.17) is 0 Å². The van der Waals surface area contributed by atoms with Gasteiger partial charge in [-0.2, -0.15) is 0 Å². The molecule has 5 heteroatoms. The summed E-state index contributed by atoms with van der Waals surface area (Å²) >= 11 is 0. The minimum Gasteiger partial charge on any atom is -0.334 e. The van der Waals surface area contributed by atoms with Crippen molar-refractivity contribution in [2.24, 2.45) is 5.92 Å². The molecule has 2 saturated carbocycles. The molecule has 18 heavy (non-hydrogen) atoms. The predicted octanol–water partition coefficient (Wildman–Crippen LogP) is 2.57. The van der Waals surface area contributed by atoms with Gasteiger partial charge in [0.15, 0.2) is 0 Å². The lowest BCUT2D eigenvalue weighted by molar-refractivity contribution is 0.00432. The van der Waals surface area contributed by atoms with Crippen molar-refractivity contribution in [1.29, 1.82) is 0 Å². The van der Waals surface area contributed by atoms with Gasteiger partial charge < -0.3 is 9.88 Å². The maximum Gasteiger partial charge on any atom is 0.248 e. The number of hydrogen-bond donors (Lipinski definition) is 1. The van der Waals surface area contributed by atoms with Gasteiger partial charge in [-0.25, -0.2) is 13.8 Å². The zero-order chi connectivity index (χ0) is 12.6. The van der Waals surface area contributed by atoms with Crippen LogP contribution in [0.1, 0.15) is 37.9 Å². The predicted molar refractivity (Wildman–Crippen MR) is 64.4 cm³/mol. The van der Waals surface area contributed by atoms with E-state index in [9.17, 15) is 8.78 Å². The summed E-state index contributed by atoms with van der Waals surface area (Å²) in [5, 5.41) is 3.41. The van der Waals surface area contributed by atoms with Crippen LogP contribution in [-0.2, 0) is 13.1 Å². The zero-order valence-electron chi connectivity index (χ0n) is 10.4. The topological polar surface area (TPSA) is 29.9 Å². The molecule has 0 aliphatic heterocycles. The Kier molecular flexibility index (Phi) is 3.09. The van der Waals surface area contributed by atoms with E-state index in [0.29, 0.717) is 19.0 Å². The summed E-state index contributed by atoms with van der Waals surface area (Å²) in [7, 11) is 0. The third kappa shape index (κ3) is 2.88. The van der Waals surface area contributed by atoms with Crippen LogP contribution in [0.2, 0.25) is 0 Å². The number of nitrogens with one attached hydrogen (secondary N) is 1. The van der Waals surface area contributed by atoms with Gasteiger partial charge in [-0.05, 0) is 25.2 Å². The summed E-state index contributed by atoms with van der Waals surface area (Å²) < 4.78 is 28.3. The summed E-state index contributed by atoms with van der Waals surface area (Å²) in [4.78, 5) is 4.31. The highest BCUT2D eigenvalue weighted by atomic mass is 19.3. The first-order valence-electron chi connectivity index (χ1n) is 6.74. The number of aromatic nitrogens is 2.